The Hall–Kier alpha value is -1.56. The number of hydrogen-bond acceptors (Lipinski definition) is 4. The molecule has 0 heterocycles. The van der Waals surface area contributed by atoms with Crippen molar-refractivity contribution in [2.24, 2.45) is 0 Å². The Kier molecular flexibility index (Phi) is 6.13. The largest absolute Gasteiger partial charge is 0.395 e. The molecule has 80 valence electrons. The highest BCUT2D eigenvalue weighted by Gasteiger charge is 2.02. The van der Waals surface area contributed by atoms with Gasteiger partial charge in [0.2, 0.25) is 0 Å². The van der Waals surface area contributed by atoms with Gasteiger partial charge in [-0.15, -0.1) is 0 Å². The molecule has 0 aliphatic rings. The molecule has 0 rings (SSSR count). The maximum atomic E-state index is 10.8. The number of carbonyl (C=O) groups excluding carboxylic acids is 2. The Morgan fingerprint density at radius 3 is 2.64 bits per heavy atom. The second-order valence-corrected chi connectivity index (χ2v) is 2.56. The van der Waals surface area contributed by atoms with Crippen molar-refractivity contribution in [3.8, 4) is 0 Å². The van der Waals surface area contributed by atoms with Gasteiger partial charge in [-0.3, -0.25) is 4.79 Å². The third-order valence-corrected chi connectivity index (χ3v) is 1.58. The van der Waals surface area contributed by atoms with Crippen LogP contribution in [0.5, 0.6) is 0 Å². The van der Waals surface area contributed by atoms with Crippen molar-refractivity contribution < 1.29 is 14.7 Å². The van der Waals surface area contributed by atoms with Crippen LogP contribution < -0.4 is 10.6 Å². The summed E-state index contributed by atoms with van der Waals surface area (Å²) >= 11 is 0. The molecule has 3 N–H and O–H groups in total. The van der Waals surface area contributed by atoms with Gasteiger partial charge in [0, 0.05) is 26.8 Å². The van der Waals surface area contributed by atoms with Crippen LogP contribution >= 0.6 is 0 Å². The number of rotatable bonds is 5. The van der Waals surface area contributed by atoms with E-state index < -0.39 is 6.03 Å². The predicted octanol–water partition coefficient (Wildman–Crippen LogP) is -1.12. The molecule has 0 unspecified atom stereocenters. The highest BCUT2D eigenvalue weighted by molar-refractivity contribution is 5.77. The molecule has 0 aromatic carbocycles. The smallest absolute Gasteiger partial charge is 0.318 e. The quantitative estimate of drug-likeness (QED) is 0.389. The van der Waals surface area contributed by atoms with E-state index >= 15 is 0 Å². The van der Waals surface area contributed by atoms with Crippen LogP contribution in [0, 0.1) is 0 Å². The first-order chi connectivity index (χ1) is 6.65. The first kappa shape index (κ1) is 12.4. The van der Waals surface area contributed by atoms with Gasteiger partial charge in [-0.1, -0.05) is 0 Å². The fraction of sp³-hybridized carbons (Fsp3) is 0.500. The Morgan fingerprint density at radius 1 is 1.57 bits per heavy atom. The molecule has 14 heavy (non-hydrogen) atoms. The average Bonchev–Trinajstić information content (AvgIpc) is 2.18. The standard InChI is InChI=1S/C8H15N3O3/c1-9-8(14)10-5-7(6-13)11(2)3-4-12/h5-6,12H,3-4H2,1-2H3,(H2,9,10,14)/b7-5+. The van der Waals surface area contributed by atoms with E-state index in [0.29, 0.717) is 18.5 Å². The van der Waals surface area contributed by atoms with Crippen molar-refractivity contribution in [1.29, 1.82) is 0 Å². The third kappa shape index (κ3) is 4.46. The minimum Gasteiger partial charge on any atom is -0.395 e. The number of amides is 2. The molecule has 0 spiro atoms. The highest BCUT2D eigenvalue weighted by atomic mass is 16.3. The SMILES string of the molecule is CNC(=O)N/C=C(\C=O)N(C)CCO. The summed E-state index contributed by atoms with van der Waals surface area (Å²) < 4.78 is 0. The molecular weight excluding hydrogens is 186 g/mol. The van der Waals surface area contributed by atoms with Crippen molar-refractivity contribution in [3.05, 3.63) is 11.9 Å². The van der Waals surface area contributed by atoms with E-state index in [1.54, 1.807) is 7.05 Å². The van der Waals surface area contributed by atoms with Crippen LogP contribution in [0.3, 0.4) is 0 Å². The number of nitrogens with zero attached hydrogens (tertiary/aromatic N) is 1. The number of carbonyl (C=O) groups is 2. The second-order valence-electron chi connectivity index (χ2n) is 2.56. The summed E-state index contributed by atoms with van der Waals surface area (Å²) in [6.07, 6.45) is 1.88. The molecule has 0 saturated heterocycles. The van der Waals surface area contributed by atoms with Crippen molar-refractivity contribution in [2.45, 2.75) is 0 Å². The molecule has 0 aliphatic heterocycles. The van der Waals surface area contributed by atoms with Gasteiger partial charge in [0.05, 0.1) is 12.3 Å². The molecule has 0 aromatic heterocycles. The molecule has 0 radical (unpaired) electrons. The van der Waals surface area contributed by atoms with E-state index in [9.17, 15) is 9.59 Å². The van der Waals surface area contributed by atoms with E-state index in [4.69, 9.17) is 5.11 Å². The molecule has 0 bridgehead atoms. The molecule has 0 saturated carbocycles. The summed E-state index contributed by atoms with van der Waals surface area (Å²) in [4.78, 5) is 22.9. The van der Waals surface area contributed by atoms with E-state index in [1.165, 1.54) is 18.1 Å². The van der Waals surface area contributed by atoms with E-state index in [1.807, 2.05) is 0 Å². The van der Waals surface area contributed by atoms with Gasteiger partial charge in [-0.05, 0) is 0 Å². The zero-order valence-electron chi connectivity index (χ0n) is 8.28. The van der Waals surface area contributed by atoms with Crippen LogP contribution in [0.2, 0.25) is 0 Å². The maximum Gasteiger partial charge on any atom is 0.318 e. The molecule has 0 aromatic rings. The number of likely N-dealkylation sites (N-methyl/N-ethyl adjacent to an activating group) is 1. The lowest BCUT2D eigenvalue weighted by Crippen LogP contribution is -2.31. The first-order valence-corrected chi connectivity index (χ1v) is 4.11. The third-order valence-electron chi connectivity index (χ3n) is 1.58. The van der Waals surface area contributed by atoms with Crippen molar-refractivity contribution in [1.82, 2.24) is 15.5 Å². The Balaban J connectivity index is 4.24. The molecule has 0 atom stereocenters. The lowest BCUT2D eigenvalue weighted by molar-refractivity contribution is -0.106. The molecule has 6 nitrogen and oxygen atoms in total. The van der Waals surface area contributed by atoms with Crippen molar-refractivity contribution >= 4 is 12.3 Å². The van der Waals surface area contributed by atoms with E-state index in [-0.39, 0.29) is 6.61 Å². The van der Waals surface area contributed by atoms with E-state index in [2.05, 4.69) is 10.6 Å². The minimum atomic E-state index is -0.401. The second kappa shape index (κ2) is 6.90. The molecule has 2 amide bonds. The maximum absolute atomic E-state index is 10.8. The minimum absolute atomic E-state index is 0.0539. The van der Waals surface area contributed by atoms with Crippen molar-refractivity contribution in [2.75, 3.05) is 27.2 Å². The molecular formula is C8H15N3O3. The van der Waals surface area contributed by atoms with Crippen LogP contribution in [0.15, 0.2) is 11.9 Å². The number of urea groups is 1. The summed E-state index contributed by atoms with van der Waals surface area (Å²) in [5.41, 5.74) is 0.294. The molecule has 0 fully saturated rings. The fourth-order valence-corrected chi connectivity index (χ4v) is 0.725. The fourth-order valence-electron chi connectivity index (χ4n) is 0.725. The lowest BCUT2D eigenvalue weighted by Gasteiger charge is -2.16. The monoisotopic (exact) mass is 201 g/mol. The Bertz CT molecular complexity index is 228. The van der Waals surface area contributed by atoms with Gasteiger partial charge in [-0.2, -0.15) is 0 Å². The van der Waals surface area contributed by atoms with Gasteiger partial charge in [0.15, 0.2) is 6.29 Å². The zero-order chi connectivity index (χ0) is 11.0. The van der Waals surface area contributed by atoms with Crippen LogP contribution in [0.1, 0.15) is 0 Å². The van der Waals surface area contributed by atoms with Crippen molar-refractivity contribution in [3.63, 3.8) is 0 Å². The summed E-state index contributed by atoms with van der Waals surface area (Å²) in [5.74, 6) is 0. The van der Waals surface area contributed by atoms with Crippen LogP contribution in [-0.4, -0.2) is 49.6 Å². The highest BCUT2D eigenvalue weighted by Crippen LogP contribution is 1.94. The summed E-state index contributed by atoms with van der Waals surface area (Å²) in [7, 11) is 3.11. The number of hydrogen-bond donors (Lipinski definition) is 3. The van der Waals surface area contributed by atoms with Gasteiger partial charge in [-0.25, -0.2) is 4.79 Å². The Labute approximate surface area is 82.6 Å². The zero-order valence-corrected chi connectivity index (χ0v) is 8.28. The Morgan fingerprint density at radius 2 is 2.21 bits per heavy atom. The first-order valence-electron chi connectivity index (χ1n) is 4.11. The van der Waals surface area contributed by atoms with Crippen LogP contribution in [0.25, 0.3) is 0 Å². The predicted molar refractivity (Wildman–Crippen MR) is 51.5 cm³/mol. The number of aliphatic hydroxyl groups is 1. The number of nitrogens with one attached hydrogen (secondary N) is 2. The number of aldehydes is 1. The molecule has 6 heteroatoms. The topological polar surface area (TPSA) is 81.7 Å². The van der Waals surface area contributed by atoms with Crippen LogP contribution in [0.4, 0.5) is 4.79 Å². The lowest BCUT2D eigenvalue weighted by atomic mass is 10.4. The van der Waals surface area contributed by atoms with Gasteiger partial charge < -0.3 is 20.6 Å². The van der Waals surface area contributed by atoms with Crippen LogP contribution in [-0.2, 0) is 4.79 Å². The summed E-state index contributed by atoms with van der Waals surface area (Å²) in [6.45, 7) is 0.279. The molecule has 0 aliphatic carbocycles. The summed E-state index contributed by atoms with van der Waals surface area (Å²) in [6, 6.07) is -0.401. The van der Waals surface area contributed by atoms with Gasteiger partial charge >= 0.3 is 6.03 Å². The summed E-state index contributed by atoms with van der Waals surface area (Å²) in [5, 5.41) is 13.3. The number of allylic oxidation sites excluding steroid dienone is 1. The van der Waals surface area contributed by atoms with E-state index in [0.717, 1.165) is 0 Å². The number of aliphatic hydroxyl groups excluding tert-OH is 1. The average molecular weight is 201 g/mol. The normalized spacial score (nSPS) is 10.6. The van der Waals surface area contributed by atoms with Gasteiger partial charge in [0.1, 0.15) is 0 Å². The van der Waals surface area contributed by atoms with Gasteiger partial charge in [0.25, 0.3) is 0 Å².